The molecule has 72 valence electrons. The summed E-state index contributed by atoms with van der Waals surface area (Å²) < 4.78 is 5.31. The molecule has 14 heavy (non-hydrogen) atoms. The lowest BCUT2D eigenvalue weighted by atomic mass is 10.0. The van der Waals surface area contributed by atoms with Crippen molar-refractivity contribution < 1.29 is 4.74 Å². The molecule has 4 heteroatoms. The number of hydrogen-bond donors (Lipinski definition) is 1. The van der Waals surface area contributed by atoms with Crippen LogP contribution in [-0.2, 0) is 17.8 Å². The van der Waals surface area contributed by atoms with Gasteiger partial charge in [0.15, 0.2) is 0 Å². The Kier molecular flexibility index (Phi) is 1.72. The molecule has 0 saturated carbocycles. The molecule has 1 N–H and O–H groups in total. The molecule has 0 atom stereocenters. The summed E-state index contributed by atoms with van der Waals surface area (Å²) in [6.45, 7) is 1.29. The number of thiophene rings is 1. The van der Waals surface area contributed by atoms with Gasteiger partial charge in [-0.25, -0.2) is 0 Å². The highest BCUT2D eigenvalue weighted by atomic mass is 32.1. The second-order valence-electron chi connectivity index (χ2n) is 3.41. The Balaban J connectivity index is 2.44. The van der Waals surface area contributed by atoms with Crippen molar-refractivity contribution in [1.29, 1.82) is 0 Å². The van der Waals surface area contributed by atoms with E-state index >= 15 is 0 Å². The van der Waals surface area contributed by atoms with Gasteiger partial charge in [0.1, 0.15) is 0 Å². The summed E-state index contributed by atoms with van der Waals surface area (Å²) in [6.07, 6.45) is 0.902. The van der Waals surface area contributed by atoms with Crippen LogP contribution in [0.2, 0.25) is 0 Å². The fourth-order valence-corrected chi connectivity index (χ4v) is 2.75. The van der Waals surface area contributed by atoms with Gasteiger partial charge < -0.3 is 9.72 Å². The molecule has 3 heterocycles. The van der Waals surface area contributed by atoms with Gasteiger partial charge in [0, 0.05) is 16.5 Å². The smallest absolute Gasteiger partial charge is 0.256 e. The first kappa shape index (κ1) is 8.20. The first-order valence-electron chi connectivity index (χ1n) is 4.54. The molecule has 0 aliphatic carbocycles. The molecule has 3 rings (SSSR count). The van der Waals surface area contributed by atoms with Crippen LogP contribution in [0.3, 0.4) is 0 Å². The van der Waals surface area contributed by atoms with E-state index in [1.807, 2.05) is 5.38 Å². The zero-order valence-corrected chi connectivity index (χ0v) is 8.32. The van der Waals surface area contributed by atoms with Crippen LogP contribution in [0.5, 0.6) is 0 Å². The summed E-state index contributed by atoms with van der Waals surface area (Å²) in [5, 5.41) is 5.88. The summed E-state index contributed by atoms with van der Waals surface area (Å²) in [6, 6.07) is 0. The molecule has 0 unspecified atom stereocenters. The highest BCUT2D eigenvalue weighted by molar-refractivity contribution is 7.09. The first-order chi connectivity index (χ1) is 6.86. The Morgan fingerprint density at radius 3 is 3.14 bits per heavy atom. The van der Waals surface area contributed by atoms with Gasteiger partial charge in [-0.1, -0.05) is 0 Å². The standard InChI is InChI=1S/C10H9NO2S/c12-10-8-5-14-4-7(8)6-1-2-13-3-9(6)11-10/h4-5H,1-3H2,(H,11,12). The van der Waals surface area contributed by atoms with Crippen molar-refractivity contribution in [2.45, 2.75) is 13.0 Å². The van der Waals surface area contributed by atoms with Crippen LogP contribution in [0, 0.1) is 0 Å². The van der Waals surface area contributed by atoms with Gasteiger partial charge in [-0.3, -0.25) is 4.79 Å². The van der Waals surface area contributed by atoms with Crippen molar-refractivity contribution in [3.05, 3.63) is 32.4 Å². The highest BCUT2D eigenvalue weighted by Gasteiger charge is 2.15. The van der Waals surface area contributed by atoms with E-state index in [1.165, 1.54) is 5.56 Å². The Hall–Kier alpha value is -1.13. The van der Waals surface area contributed by atoms with Crippen molar-refractivity contribution in [2.75, 3.05) is 6.61 Å². The number of fused-ring (bicyclic) bond motifs is 3. The SMILES string of the molecule is O=c1[nH]c2c(c3cscc13)CCOC2. The molecule has 0 radical (unpaired) electrons. The van der Waals surface area contributed by atoms with E-state index < -0.39 is 0 Å². The van der Waals surface area contributed by atoms with Crippen LogP contribution in [0.25, 0.3) is 10.8 Å². The third-order valence-electron chi connectivity index (χ3n) is 2.60. The summed E-state index contributed by atoms with van der Waals surface area (Å²) in [4.78, 5) is 14.5. The predicted octanol–water partition coefficient (Wildman–Crippen LogP) is 1.66. The molecular weight excluding hydrogens is 198 g/mol. The van der Waals surface area contributed by atoms with Gasteiger partial charge in [0.2, 0.25) is 0 Å². The molecule has 0 spiro atoms. The molecule has 0 saturated heterocycles. The average Bonchev–Trinajstić information content (AvgIpc) is 2.67. The zero-order chi connectivity index (χ0) is 9.54. The number of rotatable bonds is 0. The largest absolute Gasteiger partial charge is 0.375 e. The second-order valence-corrected chi connectivity index (χ2v) is 4.16. The quantitative estimate of drug-likeness (QED) is 0.714. The molecule has 0 bridgehead atoms. The average molecular weight is 207 g/mol. The lowest BCUT2D eigenvalue weighted by molar-refractivity contribution is 0.108. The van der Waals surface area contributed by atoms with Gasteiger partial charge in [-0.2, -0.15) is 11.3 Å². The van der Waals surface area contributed by atoms with Gasteiger partial charge >= 0.3 is 0 Å². The van der Waals surface area contributed by atoms with Crippen LogP contribution in [0.1, 0.15) is 11.3 Å². The predicted molar refractivity (Wildman–Crippen MR) is 55.8 cm³/mol. The molecule has 0 aromatic carbocycles. The number of aromatic nitrogens is 1. The van der Waals surface area contributed by atoms with E-state index in [4.69, 9.17) is 4.74 Å². The first-order valence-corrected chi connectivity index (χ1v) is 5.48. The van der Waals surface area contributed by atoms with Crippen LogP contribution >= 0.6 is 11.3 Å². The van der Waals surface area contributed by atoms with E-state index in [2.05, 4.69) is 10.4 Å². The maximum absolute atomic E-state index is 11.6. The fraction of sp³-hybridized carbons (Fsp3) is 0.300. The third kappa shape index (κ3) is 1.04. The highest BCUT2D eigenvalue weighted by Crippen LogP contribution is 2.24. The number of H-pyrrole nitrogens is 1. The molecular formula is C10H9NO2S. The van der Waals surface area contributed by atoms with Gasteiger partial charge in [-0.05, 0) is 17.4 Å². The van der Waals surface area contributed by atoms with Gasteiger partial charge in [-0.15, -0.1) is 0 Å². The van der Waals surface area contributed by atoms with E-state index in [1.54, 1.807) is 11.3 Å². The fourth-order valence-electron chi connectivity index (χ4n) is 1.91. The number of ether oxygens (including phenoxy) is 1. The zero-order valence-electron chi connectivity index (χ0n) is 7.50. The van der Waals surface area contributed by atoms with Crippen molar-refractivity contribution in [1.82, 2.24) is 4.98 Å². The molecule has 3 nitrogen and oxygen atoms in total. The summed E-state index contributed by atoms with van der Waals surface area (Å²) in [7, 11) is 0. The molecule has 1 aliphatic heterocycles. The van der Waals surface area contributed by atoms with Crippen LogP contribution in [0.15, 0.2) is 15.6 Å². The van der Waals surface area contributed by atoms with Crippen LogP contribution in [-0.4, -0.2) is 11.6 Å². The number of hydrogen-bond acceptors (Lipinski definition) is 3. The van der Waals surface area contributed by atoms with E-state index in [0.29, 0.717) is 6.61 Å². The lowest BCUT2D eigenvalue weighted by Gasteiger charge is -2.16. The van der Waals surface area contributed by atoms with Crippen LogP contribution in [0.4, 0.5) is 0 Å². The summed E-state index contributed by atoms with van der Waals surface area (Å²) >= 11 is 1.58. The number of pyridine rings is 1. The maximum atomic E-state index is 11.6. The van der Waals surface area contributed by atoms with Crippen molar-refractivity contribution in [3.8, 4) is 0 Å². The third-order valence-corrected chi connectivity index (χ3v) is 3.35. The minimum atomic E-state index is 0.00509. The molecule has 0 fully saturated rings. The van der Waals surface area contributed by atoms with E-state index in [0.717, 1.165) is 29.5 Å². The normalized spacial score (nSPS) is 15.7. The molecule has 2 aromatic rings. The molecule has 2 aromatic heterocycles. The van der Waals surface area contributed by atoms with Crippen molar-refractivity contribution in [3.63, 3.8) is 0 Å². The topological polar surface area (TPSA) is 42.1 Å². The van der Waals surface area contributed by atoms with Crippen molar-refractivity contribution >= 4 is 22.1 Å². The number of nitrogens with one attached hydrogen (secondary N) is 1. The van der Waals surface area contributed by atoms with Gasteiger partial charge in [0.05, 0.1) is 18.6 Å². The van der Waals surface area contributed by atoms with E-state index in [9.17, 15) is 4.79 Å². The van der Waals surface area contributed by atoms with Crippen molar-refractivity contribution in [2.24, 2.45) is 0 Å². The lowest BCUT2D eigenvalue weighted by Crippen LogP contribution is -2.18. The maximum Gasteiger partial charge on any atom is 0.256 e. The monoisotopic (exact) mass is 207 g/mol. The number of aromatic amines is 1. The minimum absolute atomic E-state index is 0.00509. The Morgan fingerprint density at radius 2 is 2.21 bits per heavy atom. The Morgan fingerprint density at radius 1 is 1.36 bits per heavy atom. The summed E-state index contributed by atoms with van der Waals surface area (Å²) in [5.41, 5.74) is 2.21. The summed E-state index contributed by atoms with van der Waals surface area (Å²) in [5.74, 6) is 0. The Labute approximate surface area is 84.3 Å². The Bertz CT molecular complexity index is 541. The molecule has 0 amide bonds. The molecule has 1 aliphatic rings. The van der Waals surface area contributed by atoms with Gasteiger partial charge in [0.25, 0.3) is 5.56 Å². The second kappa shape index (κ2) is 2.93. The minimum Gasteiger partial charge on any atom is -0.375 e. The van der Waals surface area contributed by atoms with Crippen LogP contribution < -0.4 is 5.56 Å². The van der Waals surface area contributed by atoms with E-state index in [-0.39, 0.29) is 5.56 Å².